The molecular formula is C65H99ClF3N11O11. The summed E-state index contributed by atoms with van der Waals surface area (Å²) in [5, 5.41) is 8.10. The average Bonchev–Trinajstić information content (AvgIpc) is 1.77. The number of carbonyl (C=O) groups excluding carboxylic acids is 11. The summed E-state index contributed by atoms with van der Waals surface area (Å²) in [6.45, 7) is 13.5. The van der Waals surface area contributed by atoms with Crippen molar-refractivity contribution in [2.24, 2.45) is 17.8 Å². The quantitative estimate of drug-likeness (QED) is 0.297. The van der Waals surface area contributed by atoms with Crippen molar-refractivity contribution in [2.75, 3.05) is 55.4 Å². The molecule has 0 bridgehead atoms. The molecule has 11 atom stereocenters. The van der Waals surface area contributed by atoms with Gasteiger partial charge in [0.25, 0.3) is 0 Å². The number of benzene rings is 1. The van der Waals surface area contributed by atoms with Crippen LogP contribution in [0.5, 0.6) is 0 Å². The van der Waals surface area contributed by atoms with E-state index in [1.54, 1.807) is 27.7 Å². The third-order valence-corrected chi connectivity index (χ3v) is 20.9. The van der Waals surface area contributed by atoms with Gasteiger partial charge in [-0.05, 0) is 115 Å². The number of hydrogen-bond acceptors (Lipinski definition) is 11. The number of alkyl halides is 3. The van der Waals surface area contributed by atoms with E-state index in [0.29, 0.717) is 31.2 Å². The molecule has 1 aromatic rings. The number of aryl methyl sites for hydroxylation is 1. The molecule has 0 unspecified atom stereocenters. The third kappa shape index (κ3) is 16.6. The van der Waals surface area contributed by atoms with Gasteiger partial charge in [0.15, 0.2) is 0 Å². The molecule has 22 nitrogen and oxygen atoms in total. The lowest BCUT2D eigenvalue weighted by molar-refractivity contribution is -0.160. The highest BCUT2D eigenvalue weighted by Gasteiger charge is 2.51. The Balaban J connectivity index is 1.38. The molecule has 5 aliphatic rings. The van der Waals surface area contributed by atoms with E-state index in [1.807, 2.05) is 6.92 Å². The number of amides is 11. The van der Waals surface area contributed by atoms with Crippen LogP contribution < -0.4 is 16.0 Å². The van der Waals surface area contributed by atoms with Crippen LogP contribution >= 0.6 is 11.6 Å². The molecule has 508 valence electrons. The number of carbonyl (C=O) groups is 11. The summed E-state index contributed by atoms with van der Waals surface area (Å²) in [5.74, 6) is -7.43. The van der Waals surface area contributed by atoms with E-state index >= 15 is 14.4 Å². The Morgan fingerprint density at radius 1 is 0.604 bits per heavy atom. The molecule has 2 aliphatic carbocycles. The summed E-state index contributed by atoms with van der Waals surface area (Å²) in [5.41, 5.74) is -2.25. The molecule has 3 aliphatic heterocycles. The molecule has 91 heavy (non-hydrogen) atoms. The van der Waals surface area contributed by atoms with E-state index in [4.69, 9.17) is 11.6 Å². The molecule has 0 aromatic heterocycles. The van der Waals surface area contributed by atoms with E-state index in [2.05, 4.69) is 16.0 Å². The van der Waals surface area contributed by atoms with Crippen molar-refractivity contribution in [1.82, 2.24) is 55.1 Å². The van der Waals surface area contributed by atoms with Gasteiger partial charge in [0, 0.05) is 67.8 Å². The third-order valence-electron chi connectivity index (χ3n) is 20.5. The van der Waals surface area contributed by atoms with E-state index in [0.717, 1.165) is 44.2 Å². The highest BCUT2D eigenvalue weighted by Crippen LogP contribution is 2.37. The highest BCUT2D eigenvalue weighted by atomic mass is 35.5. The number of halogens is 4. The number of rotatable bonds is 8. The number of nitrogens with one attached hydrogen (secondary N) is 3. The van der Waals surface area contributed by atoms with Crippen molar-refractivity contribution in [3.63, 3.8) is 0 Å². The maximum Gasteiger partial charge on any atom is 0.417 e. The fraction of sp³-hybridized carbons (Fsp3) is 0.738. The van der Waals surface area contributed by atoms with Gasteiger partial charge in [-0.2, -0.15) is 13.2 Å². The lowest BCUT2D eigenvalue weighted by Crippen LogP contribution is -2.65. The first-order valence-electron chi connectivity index (χ1n) is 32.6. The van der Waals surface area contributed by atoms with Crippen molar-refractivity contribution in [1.29, 1.82) is 0 Å². The van der Waals surface area contributed by atoms with Crippen LogP contribution in [-0.2, 0) is 65.3 Å². The first-order valence-corrected chi connectivity index (χ1v) is 33.0. The monoisotopic (exact) mass is 1300 g/mol. The van der Waals surface area contributed by atoms with E-state index < -0.39 is 160 Å². The van der Waals surface area contributed by atoms with E-state index in [1.165, 1.54) is 108 Å². The zero-order valence-electron chi connectivity index (χ0n) is 55.8. The van der Waals surface area contributed by atoms with Gasteiger partial charge in [-0.1, -0.05) is 96.7 Å². The van der Waals surface area contributed by atoms with Gasteiger partial charge >= 0.3 is 6.18 Å². The predicted octanol–water partition coefficient (Wildman–Crippen LogP) is 5.40. The van der Waals surface area contributed by atoms with Crippen LogP contribution in [0.15, 0.2) is 18.2 Å². The van der Waals surface area contributed by atoms with Crippen LogP contribution in [-0.4, -0.2) is 226 Å². The van der Waals surface area contributed by atoms with Crippen molar-refractivity contribution in [2.45, 2.75) is 237 Å². The second kappa shape index (κ2) is 30.9. The topological polar surface area (TPSA) is 250 Å². The van der Waals surface area contributed by atoms with Crippen molar-refractivity contribution in [3.8, 4) is 0 Å². The molecule has 1 spiro atoms. The summed E-state index contributed by atoms with van der Waals surface area (Å²) in [6, 6.07) is -7.98. The predicted molar refractivity (Wildman–Crippen MR) is 335 cm³/mol. The molecule has 3 N–H and O–H groups in total. The fourth-order valence-corrected chi connectivity index (χ4v) is 13.9. The number of hydrogen-bond donors (Lipinski definition) is 3. The largest absolute Gasteiger partial charge is 0.417 e. The van der Waals surface area contributed by atoms with Crippen molar-refractivity contribution >= 4 is 76.6 Å². The van der Waals surface area contributed by atoms with Gasteiger partial charge in [-0.25, -0.2) is 0 Å². The smallest absolute Gasteiger partial charge is 0.343 e. The summed E-state index contributed by atoms with van der Waals surface area (Å²) < 4.78 is 41.5. The maximum absolute atomic E-state index is 15.1. The Bertz CT molecular complexity index is 2870. The van der Waals surface area contributed by atoms with Gasteiger partial charge in [-0.3, -0.25) is 52.7 Å². The van der Waals surface area contributed by atoms with Crippen molar-refractivity contribution < 1.29 is 65.9 Å². The summed E-state index contributed by atoms with van der Waals surface area (Å²) >= 11 is 6.14. The highest BCUT2D eigenvalue weighted by molar-refractivity contribution is 6.31. The molecule has 3 saturated heterocycles. The fourth-order valence-electron chi connectivity index (χ4n) is 13.5. The van der Waals surface area contributed by atoms with Crippen LogP contribution in [0.4, 0.5) is 13.2 Å². The Morgan fingerprint density at radius 3 is 1.77 bits per heavy atom. The van der Waals surface area contributed by atoms with Crippen molar-refractivity contribution in [3.05, 3.63) is 34.3 Å². The van der Waals surface area contributed by atoms with Crippen LogP contribution in [0.2, 0.25) is 5.02 Å². The first-order chi connectivity index (χ1) is 42.6. The molecule has 2 saturated carbocycles. The van der Waals surface area contributed by atoms with Crippen LogP contribution in [0.1, 0.15) is 169 Å². The zero-order chi connectivity index (χ0) is 67.9. The molecule has 26 heteroatoms. The van der Waals surface area contributed by atoms with Crippen LogP contribution in [0, 0.1) is 17.8 Å². The van der Waals surface area contributed by atoms with E-state index in [9.17, 15) is 51.5 Å². The number of likely N-dealkylation sites (N-methyl/N-ethyl adjacent to an activating group) is 6. The first kappa shape index (κ1) is 73.5. The second-order valence-corrected chi connectivity index (χ2v) is 27.2. The summed E-state index contributed by atoms with van der Waals surface area (Å²) in [7, 11) is 8.78. The molecule has 6 rings (SSSR count). The molecule has 0 radical (unpaired) electrons. The van der Waals surface area contributed by atoms with Gasteiger partial charge in [0.2, 0.25) is 65.0 Å². The number of nitrogens with zero attached hydrogens (tertiary/aromatic N) is 8. The Morgan fingerprint density at radius 2 is 1.20 bits per heavy atom. The number of fused-ring (bicyclic) bond motifs is 2. The molecule has 1 aromatic carbocycles. The van der Waals surface area contributed by atoms with Crippen LogP contribution in [0.3, 0.4) is 0 Å². The van der Waals surface area contributed by atoms with Crippen LogP contribution in [0.25, 0.3) is 0 Å². The molecular weight excluding hydrogens is 1200 g/mol. The van der Waals surface area contributed by atoms with Gasteiger partial charge in [0.05, 0.1) is 10.6 Å². The summed E-state index contributed by atoms with van der Waals surface area (Å²) in [6.07, 6.45) is 2.14. The Kier molecular flexibility index (Phi) is 25.0. The SMILES string of the molecule is CC[C@H](C)[C@@H]1NC(=O)[C@H](C)N(C)C(=O)C[C@@H](C)N(C)C(=O)[C@H](C(C)C)N(C)C(=O)C2(CCCC2)NC(=O)[C@@H]2CCCN2C(=O)[C@H](CCc2ccc(C(F)(F)F)c(Cl)c2)NC(=O)[C@@H](C)N(C)C(=O)[C@H](CC2CCCCC2)N(C)C(=O)[C@@H]2CCN2C(=O)[C@H](C)N(C)C1=O. The second-order valence-electron chi connectivity index (χ2n) is 26.8. The zero-order valence-corrected chi connectivity index (χ0v) is 56.5. The summed E-state index contributed by atoms with van der Waals surface area (Å²) in [4.78, 5) is 172. The minimum Gasteiger partial charge on any atom is -0.343 e. The average molecular weight is 1300 g/mol. The Hall–Kier alpha value is -6.53. The van der Waals surface area contributed by atoms with E-state index in [-0.39, 0.29) is 70.4 Å². The standard InChI is InChI=1S/C65H99ClF3N11O11/c1-15-38(4)52-61(89)76(12)42(8)57(85)80-33-29-49(80)59(87)77(13)50(36-43-22-17-16-18-23-43)60(88)75(11)41(7)54(82)70-47(28-26-44-25-27-45(46(66)35-44)65(67,68)69)58(86)79-32-21-24-48(79)56(84)72-64(30-19-20-31-64)63(91)78(14)53(37(2)3)62(90)73(9)39(5)34-51(81)74(10)40(6)55(83)71-52/h25,27,35,37-43,47-50,52-53H,15-24,26,28-34,36H2,1-14H3,(H,70,82)(H,71,83)(H,72,84)/t38-,39+,40-,41+,42-,47-,48-,49-,50-,52-,53-/m0/s1. The maximum atomic E-state index is 15.1. The molecule has 11 amide bonds. The normalized spacial score (nSPS) is 29.2. The van der Waals surface area contributed by atoms with Gasteiger partial charge in [0.1, 0.15) is 59.9 Å². The Labute approximate surface area is 539 Å². The lowest BCUT2D eigenvalue weighted by Gasteiger charge is -2.45. The lowest BCUT2D eigenvalue weighted by atomic mass is 9.84. The van der Waals surface area contributed by atoms with Gasteiger partial charge < -0.3 is 55.1 Å². The minimum absolute atomic E-state index is 0.0312. The van der Waals surface area contributed by atoms with Gasteiger partial charge in [-0.15, -0.1) is 0 Å². The minimum atomic E-state index is -4.75. The molecule has 5 fully saturated rings. The molecule has 3 heterocycles.